The minimum absolute atomic E-state index is 0.657. The molecule has 0 aliphatic heterocycles. The first-order valence-corrected chi connectivity index (χ1v) is 6.67. The molecule has 19 heavy (non-hydrogen) atoms. The molecule has 4 heteroatoms. The molecule has 0 aliphatic rings. The highest BCUT2D eigenvalue weighted by molar-refractivity contribution is 5.63. The molecule has 1 aromatic carbocycles. The molecule has 2 rings (SSSR count). The Morgan fingerprint density at radius 1 is 1.16 bits per heavy atom. The molecule has 0 radical (unpaired) electrons. The van der Waals surface area contributed by atoms with Crippen molar-refractivity contribution in [3.8, 4) is 0 Å². The van der Waals surface area contributed by atoms with E-state index in [0.717, 1.165) is 30.0 Å². The Morgan fingerprint density at radius 3 is 2.68 bits per heavy atom. The summed E-state index contributed by atoms with van der Waals surface area (Å²) in [4.78, 5) is 8.75. The van der Waals surface area contributed by atoms with E-state index < -0.39 is 0 Å². The molecule has 0 bridgehead atoms. The van der Waals surface area contributed by atoms with Gasteiger partial charge in [-0.05, 0) is 31.9 Å². The maximum atomic E-state index is 4.50. The van der Waals surface area contributed by atoms with Crippen LogP contribution >= 0.6 is 0 Å². The van der Waals surface area contributed by atoms with Crippen molar-refractivity contribution in [3.05, 3.63) is 41.6 Å². The average Bonchev–Trinajstić information content (AvgIpc) is 2.43. The summed E-state index contributed by atoms with van der Waals surface area (Å²) in [6, 6.07) is 8.29. The van der Waals surface area contributed by atoms with E-state index >= 15 is 0 Å². The van der Waals surface area contributed by atoms with Gasteiger partial charge in [0.25, 0.3) is 0 Å². The first-order chi connectivity index (χ1) is 9.24. The smallest absolute Gasteiger partial charge is 0.224 e. The van der Waals surface area contributed by atoms with Gasteiger partial charge in [-0.2, -0.15) is 4.98 Å². The molecular weight excluding hydrogens is 236 g/mol. The second kappa shape index (κ2) is 6.18. The molecule has 0 amide bonds. The van der Waals surface area contributed by atoms with Crippen LogP contribution in [0, 0.1) is 6.92 Å². The van der Waals surface area contributed by atoms with Crippen LogP contribution in [0.1, 0.15) is 25.0 Å². The van der Waals surface area contributed by atoms with Crippen molar-refractivity contribution in [2.24, 2.45) is 0 Å². The lowest BCUT2D eigenvalue weighted by Crippen LogP contribution is -2.06. The maximum Gasteiger partial charge on any atom is 0.224 e. The van der Waals surface area contributed by atoms with Gasteiger partial charge < -0.3 is 10.6 Å². The van der Waals surface area contributed by atoms with Gasteiger partial charge >= 0.3 is 0 Å². The van der Waals surface area contributed by atoms with Crippen molar-refractivity contribution in [2.45, 2.75) is 27.2 Å². The zero-order valence-electron chi connectivity index (χ0n) is 11.7. The van der Waals surface area contributed by atoms with Crippen molar-refractivity contribution in [2.75, 3.05) is 17.2 Å². The van der Waals surface area contributed by atoms with Gasteiger partial charge in [0.05, 0.1) is 0 Å². The lowest BCUT2D eigenvalue weighted by Gasteiger charge is -2.13. The van der Waals surface area contributed by atoms with Crippen molar-refractivity contribution in [1.82, 2.24) is 9.97 Å². The highest BCUT2D eigenvalue weighted by Crippen LogP contribution is 2.22. The second-order valence-corrected chi connectivity index (χ2v) is 4.39. The van der Waals surface area contributed by atoms with Gasteiger partial charge in [-0.1, -0.05) is 25.1 Å². The Morgan fingerprint density at radius 2 is 1.95 bits per heavy atom. The first kappa shape index (κ1) is 13.3. The average molecular weight is 256 g/mol. The van der Waals surface area contributed by atoms with Gasteiger partial charge in [0.1, 0.15) is 5.82 Å². The quantitative estimate of drug-likeness (QED) is 0.859. The topological polar surface area (TPSA) is 49.8 Å². The van der Waals surface area contributed by atoms with Crippen LogP contribution in [0.25, 0.3) is 0 Å². The van der Waals surface area contributed by atoms with E-state index in [4.69, 9.17) is 0 Å². The largest absolute Gasteiger partial charge is 0.354 e. The van der Waals surface area contributed by atoms with Gasteiger partial charge in [-0.25, -0.2) is 4.98 Å². The number of hydrogen-bond acceptors (Lipinski definition) is 4. The third-order valence-corrected chi connectivity index (χ3v) is 2.96. The fourth-order valence-electron chi connectivity index (χ4n) is 1.89. The van der Waals surface area contributed by atoms with Crippen LogP contribution in [0.3, 0.4) is 0 Å². The number of anilines is 3. The molecule has 0 spiro atoms. The molecule has 2 aromatic rings. The molecule has 0 unspecified atom stereocenters. The Bertz CT molecular complexity index is 552. The lowest BCUT2D eigenvalue weighted by molar-refractivity contribution is 1.07. The molecule has 1 aromatic heterocycles. The van der Waals surface area contributed by atoms with Gasteiger partial charge in [0, 0.05) is 24.0 Å². The van der Waals surface area contributed by atoms with Crippen LogP contribution in [0.4, 0.5) is 17.5 Å². The zero-order chi connectivity index (χ0) is 13.7. The highest BCUT2D eigenvalue weighted by atomic mass is 15.1. The minimum atomic E-state index is 0.657. The van der Waals surface area contributed by atoms with E-state index in [1.54, 1.807) is 0 Å². The summed E-state index contributed by atoms with van der Waals surface area (Å²) < 4.78 is 0. The summed E-state index contributed by atoms with van der Waals surface area (Å²) in [5, 5.41) is 6.53. The molecule has 0 saturated carbocycles. The standard InChI is InChI=1S/C15H20N4/c1-4-12-8-6-7-9-13(12)18-14-11(3)10-17-15(19-14)16-5-2/h6-10H,4-5H2,1-3H3,(H2,16,17,18,19). The van der Waals surface area contributed by atoms with Crippen molar-refractivity contribution in [3.63, 3.8) is 0 Å². The predicted molar refractivity (Wildman–Crippen MR) is 80.0 cm³/mol. The Hall–Kier alpha value is -2.10. The van der Waals surface area contributed by atoms with Crippen molar-refractivity contribution >= 4 is 17.5 Å². The van der Waals surface area contributed by atoms with Crippen molar-refractivity contribution in [1.29, 1.82) is 0 Å². The first-order valence-electron chi connectivity index (χ1n) is 6.67. The van der Waals surface area contributed by atoms with E-state index in [1.165, 1.54) is 5.56 Å². The lowest BCUT2D eigenvalue weighted by atomic mass is 10.1. The third kappa shape index (κ3) is 3.22. The van der Waals surface area contributed by atoms with E-state index in [2.05, 4.69) is 45.7 Å². The fraction of sp³-hybridized carbons (Fsp3) is 0.333. The Kier molecular flexibility index (Phi) is 4.34. The molecule has 2 N–H and O–H groups in total. The summed E-state index contributed by atoms with van der Waals surface area (Å²) in [5.74, 6) is 1.51. The molecule has 100 valence electrons. The fourth-order valence-corrected chi connectivity index (χ4v) is 1.89. The summed E-state index contributed by atoms with van der Waals surface area (Å²) in [6.45, 7) is 7.00. The minimum Gasteiger partial charge on any atom is -0.354 e. The monoisotopic (exact) mass is 256 g/mol. The van der Waals surface area contributed by atoms with Crippen LogP contribution in [-0.4, -0.2) is 16.5 Å². The number of aromatic nitrogens is 2. The number of nitrogens with zero attached hydrogens (tertiary/aromatic N) is 2. The molecule has 0 aliphatic carbocycles. The number of hydrogen-bond donors (Lipinski definition) is 2. The normalized spacial score (nSPS) is 10.3. The SMILES string of the molecule is CCNc1ncc(C)c(Nc2ccccc2CC)n1. The maximum absolute atomic E-state index is 4.50. The van der Waals surface area contributed by atoms with Gasteiger partial charge in [0.2, 0.25) is 5.95 Å². The van der Waals surface area contributed by atoms with Gasteiger partial charge in [-0.3, -0.25) is 0 Å². The third-order valence-electron chi connectivity index (χ3n) is 2.96. The summed E-state index contributed by atoms with van der Waals surface area (Å²) in [7, 11) is 0. The van der Waals surface area contributed by atoms with Crippen LogP contribution in [-0.2, 0) is 6.42 Å². The Balaban J connectivity index is 2.29. The van der Waals surface area contributed by atoms with E-state index in [9.17, 15) is 0 Å². The molecule has 0 atom stereocenters. The van der Waals surface area contributed by atoms with Crippen LogP contribution in [0.15, 0.2) is 30.5 Å². The number of nitrogens with one attached hydrogen (secondary N) is 2. The summed E-state index contributed by atoms with van der Waals surface area (Å²) >= 11 is 0. The summed E-state index contributed by atoms with van der Waals surface area (Å²) in [5.41, 5.74) is 3.42. The van der Waals surface area contributed by atoms with Gasteiger partial charge in [0.15, 0.2) is 0 Å². The van der Waals surface area contributed by atoms with Crippen LogP contribution < -0.4 is 10.6 Å². The molecular formula is C15H20N4. The predicted octanol–water partition coefficient (Wildman–Crippen LogP) is 3.52. The summed E-state index contributed by atoms with van der Waals surface area (Å²) in [6.07, 6.45) is 2.83. The molecule has 4 nitrogen and oxygen atoms in total. The number of rotatable bonds is 5. The molecule has 0 fully saturated rings. The molecule has 1 heterocycles. The van der Waals surface area contributed by atoms with Gasteiger partial charge in [-0.15, -0.1) is 0 Å². The van der Waals surface area contributed by atoms with E-state index in [-0.39, 0.29) is 0 Å². The van der Waals surface area contributed by atoms with Crippen molar-refractivity contribution < 1.29 is 0 Å². The number of benzene rings is 1. The highest BCUT2D eigenvalue weighted by Gasteiger charge is 2.06. The second-order valence-electron chi connectivity index (χ2n) is 4.39. The molecule has 0 saturated heterocycles. The zero-order valence-corrected chi connectivity index (χ0v) is 11.7. The van der Waals surface area contributed by atoms with E-state index in [1.807, 2.05) is 26.1 Å². The number of aryl methyl sites for hydroxylation is 2. The Labute approximate surface area is 114 Å². The van der Waals surface area contributed by atoms with Crippen LogP contribution in [0.2, 0.25) is 0 Å². The van der Waals surface area contributed by atoms with Crippen LogP contribution in [0.5, 0.6) is 0 Å². The van der Waals surface area contributed by atoms with E-state index in [0.29, 0.717) is 5.95 Å². The number of para-hydroxylation sites is 1.